The van der Waals surface area contributed by atoms with Crippen LogP contribution in [0.5, 0.6) is 0 Å². The molecule has 98 valence electrons. The number of anilines is 2. The van der Waals surface area contributed by atoms with Gasteiger partial charge in [0.2, 0.25) is 0 Å². The molecule has 19 heavy (non-hydrogen) atoms. The maximum atomic E-state index is 5.77. The van der Waals surface area contributed by atoms with Crippen molar-refractivity contribution in [2.45, 2.75) is 6.92 Å². The van der Waals surface area contributed by atoms with Crippen LogP contribution in [0.3, 0.4) is 0 Å². The maximum absolute atomic E-state index is 5.77. The first kappa shape index (κ1) is 14.4. The predicted molar refractivity (Wildman–Crippen MR) is 90.0 cm³/mol. The average molecular weight is 401 g/mol. The Morgan fingerprint density at radius 2 is 1.89 bits per heavy atom. The van der Waals surface area contributed by atoms with E-state index in [-0.39, 0.29) is 0 Å². The van der Waals surface area contributed by atoms with Crippen LogP contribution in [0.2, 0.25) is 0 Å². The summed E-state index contributed by atoms with van der Waals surface area (Å²) >= 11 is 12.1. The SMILES string of the molecule is Cc1ccnc(Nc2c(Br)cccc2Br)c1C(N)=S. The first-order valence-corrected chi connectivity index (χ1v) is 7.46. The standard InChI is InChI=1S/C13H11Br2N3S/c1-7-5-6-17-13(10(7)12(16)19)18-11-8(14)3-2-4-9(11)15/h2-6H,1H3,(H2,16,19)(H,17,18). The van der Waals surface area contributed by atoms with Crippen LogP contribution in [0.1, 0.15) is 11.1 Å². The van der Waals surface area contributed by atoms with Gasteiger partial charge in [-0.15, -0.1) is 0 Å². The lowest BCUT2D eigenvalue weighted by Gasteiger charge is -2.14. The first-order valence-electron chi connectivity index (χ1n) is 5.47. The molecule has 1 heterocycles. The molecule has 2 aromatic rings. The van der Waals surface area contributed by atoms with E-state index in [9.17, 15) is 0 Å². The third-order valence-electron chi connectivity index (χ3n) is 2.61. The fourth-order valence-electron chi connectivity index (χ4n) is 1.70. The number of halogens is 2. The van der Waals surface area contributed by atoms with Crippen molar-refractivity contribution in [3.8, 4) is 0 Å². The summed E-state index contributed by atoms with van der Waals surface area (Å²) in [6.45, 7) is 1.95. The molecular formula is C13H11Br2N3S. The molecule has 1 aromatic carbocycles. The highest BCUT2D eigenvalue weighted by molar-refractivity contribution is 9.11. The predicted octanol–water partition coefficient (Wildman–Crippen LogP) is 4.29. The van der Waals surface area contributed by atoms with Crippen molar-refractivity contribution in [3.05, 3.63) is 50.5 Å². The molecule has 1 aromatic heterocycles. The number of aryl methyl sites for hydroxylation is 1. The van der Waals surface area contributed by atoms with Gasteiger partial charge in [-0.2, -0.15) is 0 Å². The fraction of sp³-hybridized carbons (Fsp3) is 0.0769. The molecule has 0 radical (unpaired) electrons. The van der Waals surface area contributed by atoms with Gasteiger partial charge in [0, 0.05) is 15.1 Å². The Kier molecular flexibility index (Phi) is 4.54. The van der Waals surface area contributed by atoms with Gasteiger partial charge in [0.05, 0.1) is 11.3 Å². The summed E-state index contributed by atoms with van der Waals surface area (Å²) < 4.78 is 1.86. The number of thiocarbonyl (C=S) groups is 1. The average Bonchev–Trinajstić information content (AvgIpc) is 2.33. The molecule has 0 fully saturated rings. The zero-order valence-corrected chi connectivity index (χ0v) is 14.1. The Balaban J connectivity index is 2.50. The number of pyridine rings is 1. The third-order valence-corrected chi connectivity index (χ3v) is 4.14. The molecule has 0 saturated heterocycles. The van der Waals surface area contributed by atoms with Crippen molar-refractivity contribution in [2.24, 2.45) is 5.73 Å². The number of hydrogen-bond acceptors (Lipinski definition) is 3. The molecule has 0 amide bonds. The van der Waals surface area contributed by atoms with Gasteiger partial charge >= 0.3 is 0 Å². The normalized spacial score (nSPS) is 10.3. The van der Waals surface area contributed by atoms with Gasteiger partial charge < -0.3 is 11.1 Å². The molecule has 0 saturated carbocycles. The molecular weight excluding hydrogens is 390 g/mol. The molecule has 2 rings (SSSR count). The van der Waals surface area contributed by atoms with E-state index in [1.165, 1.54) is 0 Å². The highest BCUT2D eigenvalue weighted by atomic mass is 79.9. The molecule has 0 spiro atoms. The number of nitrogens with zero attached hydrogens (tertiary/aromatic N) is 1. The molecule has 3 nitrogen and oxygen atoms in total. The van der Waals surface area contributed by atoms with E-state index in [2.05, 4.69) is 42.2 Å². The minimum absolute atomic E-state index is 0.330. The van der Waals surface area contributed by atoms with E-state index in [0.717, 1.165) is 25.8 Å². The van der Waals surface area contributed by atoms with Gasteiger partial charge in [-0.05, 0) is 62.5 Å². The zero-order chi connectivity index (χ0) is 14.0. The summed E-state index contributed by atoms with van der Waals surface area (Å²) in [4.78, 5) is 4.65. The molecule has 0 aliphatic rings. The van der Waals surface area contributed by atoms with Crippen LogP contribution in [0.25, 0.3) is 0 Å². The van der Waals surface area contributed by atoms with Crippen molar-refractivity contribution >= 4 is 60.6 Å². The van der Waals surface area contributed by atoms with Crippen molar-refractivity contribution in [2.75, 3.05) is 5.32 Å². The van der Waals surface area contributed by atoms with Crippen LogP contribution < -0.4 is 11.1 Å². The Bertz CT molecular complexity index is 624. The number of aromatic nitrogens is 1. The second kappa shape index (κ2) is 5.98. The molecule has 6 heteroatoms. The van der Waals surface area contributed by atoms with Crippen LogP contribution >= 0.6 is 44.1 Å². The lowest BCUT2D eigenvalue weighted by Crippen LogP contribution is -2.15. The number of rotatable bonds is 3. The second-order valence-electron chi connectivity index (χ2n) is 3.94. The highest BCUT2D eigenvalue weighted by Gasteiger charge is 2.12. The first-order chi connectivity index (χ1) is 9.00. The van der Waals surface area contributed by atoms with Gasteiger partial charge in [-0.25, -0.2) is 4.98 Å². The van der Waals surface area contributed by atoms with E-state index in [0.29, 0.717) is 10.8 Å². The molecule has 0 aliphatic heterocycles. The van der Waals surface area contributed by atoms with Gasteiger partial charge in [0.1, 0.15) is 10.8 Å². The molecule has 0 aliphatic carbocycles. The lowest BCUT2D eigenvalue weighted by atomic mass is 10.1. The van der Waals surface area contributed by atoms with Crippen LogP contribution in [-0.4, -0.2) is 9.97 Å². The van der Waals surface area contributed by atoms with Crippen LogP contribution in [0, 0.1) is 6.92 Å². The largest absolute Gasteiger partial charge is 0.389 e. The third kappa shape index (κ3) is 3.13. The molecule has 0 bridgehead atoms. The summed E-state index contributed by atoms with van der Waals surface area (Å²) in [7, 11) is 0. The van der Waals surface area contributed by atoms with Gasteiger partial charge in [-0.1, -0.05) is 18.3 Å². The number of nitrogens with one attached hydrogen (secondary N) is 1. The maximum Gasteiger partial charge on any atom is 0.140 e. The van der Waals surface area contributed by atoms with Crippen LogP contribution in [-0.2, 0) is 0 Å². The quantitative estimate of drug-likeness (QED) is 0.754. The number of hydrogen-bond donors (Lipinski definition) is 2. The smallest absolute Gasteiger partial charge is 0.140 e. The summed E-state index contributed by atoms with van der Waals surface area (Å²) in [5, 5.41) is 3.26. The lowest BCUT2D eigenvalue weighted by molar-refractivity contribution is 1.25. The number of nitrogens with two attached hydrogens (primary N) is 1. The zero-order valence-electron chi connectivity index (χ0n) is 10.1. The van der Waals surface area contributed by atoms with Gasteiger partial charge in [-0.3, -0.25) is 0 Å². The highest BCUT2D eigenvalue weighted by Crippen LogP contribution is 2.33. The molecule has 0 unspecified atom stereocenters. The minimum Gasteiger partial charge on any atom is -0.389 e. The summed E-state index contributed by atoms with van der Waals surface area (Å²) in [6.07, 6.45) is 1.73. The van der Waals surface area contributed by atoms with E-state index in [4.69, 9.17) is 18.0 Å². The van der Waals surface area contributed by atoms with Gasteiger partial charge in [0.15, 0.2) is 0 Å². The van der Waals surface area contributed by atoms with Crippen LogP contribution in [0.4, 0.5) is 11.5 Å². The fourth-order valence-corrected chi connectivity index (χ4v) is 3.15. The van der Waals surface area contributed by atoms with E-state index < -0.39 is 0 Å². The molecule has 3 N–H and O–H groups in total. The van der Waals surface area contributed by atoms with E-state index >= 15 is 0 Å². The Hall–Kier alpha value is -0.980. The van der Waals surface area contributed by atoms with Crippen molar-refractivity contribution in [1.82, 2.24) is 4.98 Å². The molecule has 0 atom stereocenters. The second-order valence-corrected chi connectivity index (χ2v) is 6.09. The monoisotopic (exact) mass is 399 g/mol. The Morgan fingerprint density at radius 3 is 2.47 bits per heavy atom. The van der Waals surface area contributed by atoms with Crippen molar-refractivity contribution in [3.63, 3.8) is 0 Å². The van der Waals surface area contributed by atoms with Crippen molar-refractivity contribution < 1.29 is 0 Å². The number of benzene rings is 1. The van der Waals surface area contributed by atoms with Crippen LogP contribution in [0.15, 0.2) is 39.4 Å². The van der Waals surface area contributed by atoms with E-state index in [1.807, 2.05) is 31.2 Å². The topological polar surface area (TPSA) is 50.9 Å². The van der Waals surface area contributed by atoms with Crippen molar-refractivity contribution in [1.29, 1.82) is 0 Å². The number of para-hydroxylation sites is 1. The summed E-state index contributed by atoms with van der Waals surface area (Å²) in [5.74, 6) is 0.653. The Labute approximate surface area is 133 Å². The summed E-state index contributed by atoms with van der Waals surface area (Å²) in [6, 6.07) is 7.72. The Morgan fingerprint density at radius 1 is 1.26 bits per heavy atom. The van der Waals surface area contributed by atoms with E-state index in [1.54, 1.807) is 6.20 Å². The summed E-state index contributed by atoms with van der Waals surface area (Å²) in [5.41, 5.74) is 8.42. The minimum atomic E-state index is 0.330. The van der Waals surface area contributed by atoms with Gasteiger partial charge in [0.25, 0.3) is 0 Å².